The van der Waals surface area contributed by atoms with Crippen molar-refractivity contribution in [2.75, 3.05) is 0 Å². The molecule has 0 heterocycles. The van der Waals surface area contributed by atoms with Gasteiger partial charge in [-0.25, -0.2) is 4.39 Å². The van der Waals surface area contributed by atoms with Crippen molar-refractivity contribution in [2.24, 2.45) is 34.5 Å². The molecule has 4 aliphatic carbocycles. The molecule has 4 nitrogen and oxygen atoms in total. The van der Waals surface area contributed by atoms with Crippen molar-refractivity contribution in [3.8, 4) is 0 Å². The van der Waals surface area contributed by atoms with E-state index in [0.29, 0.717) is 19.3 Å². The predicted octanol–water partition coefficient (Wildman–Crippen LogP) is 3.30. The van der Waals surface area contributed by atoms with Crippen molar-refractivity contribution in [1.29, 1.82) is 0 Å². The van der Waals surface area contributed by atoms with Crippen LogP contribution in [0.2, 0.25) is 0 Å². The lowest BCUT2D eigenvalue weighted by molar-refractivity contribution is -0.198. The van der Waals surface area contributed by atoms with Crippen LogP contribution in [0.5, 0.6) is 0 Å². The molecule has 0 aliphatic heterocycles. The number of carbonyl (C=O) groups is 2. The largest absolute Gasteiger partial charge is 0.481 e. The van der Waals surface area contributed by atoms with E-state index < -0.39 is 40.4 Å². The summed E-state index contributed by atoms with van der Waals surface area (Å²) in [5.74, 6) is -2.04. The zero-order chi connectivity index (χ0) is 19.1. The van der Waals surface area contributed by atoms with Gasteiger partial charge in [-0.15, -0.1) is 0 Å². The Labute approximate surface area is 153 Å². The molecule has 5 heteroatoms. The van der Waals surface area contributed by atoms with Gasteiger partial charge in [0.25, 0.3) is 0 Å². The van der Waals surface area contributed by atoms with Crippen LogP contribution < -0.4 is 0 Å². The van der Waals surface area contributed by atoms with Gasteiger partial charge in [-0.05, 0) is 62.0 Å². The molecule has 0 aromatic carbocycles. The van der Waals surface area contributed by atoms with E-state index in [-0.39, 0.29) is 24.0 Å². The lowest BCUT2D eigenvalue weighted by atomic mass is 9.45. The third-order valence-electron chi connectivity index (χ3n) is 8.25. The van der Waals surface area contributed by atoms with Crippen molar-refractivity contribution >= 4 is 11.8 Å². The molecule has 4 aliphatic rings. The summed E-state index contributed by atoms with van der Waals surface area (Å²) >= 11 is 0. The van der Waals surface area contributed by atoms with Crippen LogP contribution in [0.3, 0.4) is 0 Å². The first-order chi connectivity index (χ1) is 12.1. The average molecular weight is 362 g/mol. The molecule has 0 aromatic heterocycles. The van der Waals surface area contributed by atoms with E-state index in [9.17, 15) is 19.8 Å². The summed E-state index contributed by atoms with van der Waals surface area (Å²) in [5, 5.41) is 20.8. The second-order valence-electron chi connectivity index (χ2n) is 9.38. The monoisotopic (exact) mass is 362 g/mol. The number of carbonyl (C=O) groups excluding carboxylic acids is 1. The predicted molar refractivity (Wildman–Crippen MR) is 94.0 cm³/mol. The summed E-state index contributed by atoms with van der Waals surface area (Å²) < 4.78 is 16.7. The quantitative estimate of drug-likeness (QED) is 0.750. The fourth-order valence-corrected chi connectivity index (χ4v) is 7.10. The minimum absolute atomic E-state index is 0.0368. The van der Waals surface area contributed by atoms with Crippen LogP contribution in [0, 0.1) is 34.5 Å². The number of aliphatic hydroxyl groups excluding tert-OH is 1. The van der Waals surface area contributed by atoms with Crippen LogP contribution in [0.4, 0.5) is 4.39 Å². The molecule has 0 unspecified atom stereocenters. The number of hydrogen-bond acceptors (Lipinski definition) is 3. The Morgan fingerprint density at radius 1 is 1.31 bits per heavy atom. The van der Waals surface area contributed by atoms with Gasteiger partial charge in [-0.1, -0.05) is 25.5 Å². The van der Waals surface area contributed by atoms with E-state index in [4.69, 9.17) is 0 Å². The highest BCUT2D eigenvalue weighted by molar-refractivity contribution is 6.01. The molecular formula is C21H27FO4. The number of aliphatic hydroxyl groups is 1. The smallest absolute Gasteiger partial charge is 0.307 e. The van der Waals surface area contributed by atoms with E-state index >= 15 is 4.39 Å². The van der Waals surface area contributed by atoms with Gasteiger partial charge in [0.15, 0.2) is 11.5 Å². The molecule has 8 atom stereocenters. The number of aliphatic carboxylic acids is 1. The number of rotatable bonds is 1. The molecular weight excluding hydrogens is 335 g/mol. The van der Waals surface area contributed by atoms with E-state index in [1.165, 1.54) is 12.2 Å². The Bertz CT molecular complexity index is 742. The van der Waals surface area contributed by atoms with E-state index in [2.05, 4.69) is 0 Å². The van der Waals surface area contributed by atoms with Crippen molar-refractivity contribution in [2.45, 2.75) is 58.2 Å². The van der Waals surface area contributed by atoms with E-state index in [0.717, 1.165) is 5.57 Å². The van der Waals surface area contributed by atoms with Crippen molar-refractivity contribution < 1.29 is 24.2 Å². The fourth-order valence-electron chi connectivity index (χ4n) is 7.10. The van der Waals surface area contributed by atoms with Crippen LogP contribution in [0.15, 0.2) is 23.8 Å². The van der Waals surface area contributed by atoms with Crippen LogP contribution in [-0.4, -0.2) is 33.7 Å². The lowest BCUT2D eigenvalue weighted by Gasteiger charge is -2.61. The highest BCUT2D eigenvalue weighted by Crippen LogP contribution is 2.69. The maximum atomic E-state index is 16.7. The summed E-state index contributed by atoms with van der Waals surface area (Å²) in [6.45, 7) is 5.65. The van der Waals surface area contributed by atoms with Crippen molar-refractivity contribution in [3.63, 3.8) is 0 Å². The fraction of sp³-hybridized carbons (Fsp3) is 0.714. The topological polar surface area (TPSA) is 74.6 Å². The summed E-state index contributed by atoms with van der Waals surface area (Å²) in [6, 6.07) is 0. The Morgan fingerprint density at radius 2 is 2.00 bits per heavy atom. The number of hydrogen-bond donors (Lipinski definition) is 2. The molecule has 0 saturated heterocycles. The highest BCUT2D eigenvalue weighted by atomic mass is 19.1. The minimum Gasteiger partial charge on any atom is -0.481 e. The van der Waals surface area contributed by atoms with Crippen LogP contribution in [-0.2, 0) is 9.59 Å². The Morgan fingerprint density at radius 3 is 2.65 bits per heavy atom. The number of halogens is 1. The van der Waals surface area contributed by atoms with Gasteiger partial charge in [-0.3, -0.25) is 9.59 Å². The zero-order valence-electron chi connectivity index (χ0n) is 15.5. The van der Waals surface area contributed by atoms with Gasteiger partial charge in [0.1, 0.15) is 0 Å². The molecule has 3 fully saturated rings. The van der Waals surface area contributed by atoms with Crippen molar-refractivity contribution in [3.05, 3.63) is 23.8 Å². The Hall–Kier alpha value is -1.49. The lowest BCUT2D eigenvalue weighted by Crippen LogP contribution is -2.66. The number of allylic oxidation sites excluding steroid dienone is 4. The molecule has 4 rings (SSSR count). The summed E-state index contributed by atoms with van der Waals surface area (Å²) in [4.78, 5) is 23.7. The molecule has 3 saturated carbocycles. The second-order valence-corrected chi connectivity index (χ2v) is 9.38. The zero-order valence-corrected chi connectivity index (χ0v) is 15.5. The first kappa shape index (κ1) is 17.9. The SMILES string of the molecule is C[C@@H]1C[C@H]2[C@@H]3CCC4=CC(=O)C=C[C@]4(C)[C@@]3(F)[C@@H](O)C[C@]2(C)[C@@H]1C(=O)O. The van der Waals surface area contributed by atoms with Gasteiger partial charge in [0.2, 0.25) is 0 Å². The molecule has 0 bridgehead atoms. The van der Waals surface area contributed by atoms with E-state index in [1.807, 2.05) is 13.8 Å². The molecule has 142 valence electrons. The van der Waals surface area contributed by atoms with Crippen LogP contribution in [0.1, 0.15) is 46.5 Å². The minimum atomic E-state index is -1.87. The summed E-state index contributed by atoms with van der Waals surface area (Å²) in [7, 11) is 0. The maximum Gasteiger partial charge on any atom is 0.307 e. The first-order valence-corrected chi connectivity index (χ1v) is 9.59. The summed E-state index contributed by atoms with van der Waals surface area (Å²) in [5.41, 5.74) is -2.72. The summed E-state index contributed by atoms with van der Waals surface area (Å²) in [6.07, 6.45) is 5.32. The standard InChI is InChI=1S/C21H27FO4/c1-11-8-15-14-5-4-12-9-13(23)6-7-20(12,3)21(14,22)16(24)10-19(15,2)17(11)18(25)26/h6-7,9,11,14-17,24H,4-5,8,10H2,1-3H3,(H,25,26)/t11-,14+,15+,16+,17+,19+,20+,21+/m1/s1. The van der Waals surface area contributed by atoms with E-state index in [1.54, 1.807) is 13.0 Å². The molecule has 0 radical (unpaired) electrons. The number of alkyl halides is 1. The second kappa shape index (κ2) is 5.28. The molecule has 0 amide bonds. The molecule has 0 aromatic rings. The van der Waals surface area contributed by atoms with Gasteiger partial charge >= 0.3 is 5.97 Å². The third kappa shape index (κ3) is 1.93. The molecule has 0 spiro atoms. The average Bonchev–Trinajstić information content (AvgIpc) is 2.80. The van der Waals surface area contributed by atoms with Gasteiger partial charge in [0.05, 0.1) is 12.0 Å². The van der Waals surface area contributed by atoms with Gasteiger partial charge < -0.3 is 10.2 Å². The Kier molecular flexibility index (Phi) is 3.63. The van der Waals surface area contributed by atoms with Crippen LogP contribution in [0.25, 0.3) is 0 Å². The molecule has 2 N–H and O–H groups in total. The normalized spacial score (nSPS) is 52.7. The highest BCUT2D eigenvalue weighted by Gasteiger charge is 2.71. The van der Waals surface area contributed by atoms with Gasteiger partial charge in [-0.2, -0.15) is 0 Å². The number of fused-ring (bicyclic) bond motifs is 5. The van der Waals surface area contributed by atoms with Crippen molar-refractivity contribution in [1.82, 2.24) is 0 Å². The maximum absolute atomic E-state index is 16.7. The number of carboxylic acids is 1. The molecule has 26 heavy (non-hydrogen) atoms. The Balaban J connectivity index is 1.82. The van der Waals surface area contributed by atoms with Crippen LogP contribution >= 0.6 is 0 Å². The first-order valence-electron chi connectivity index (χ1n) is 9.59. The van der Waals surface area contributed by atoms with Gasteiger partial charge in [0, 0.05) is 11.3 Å². The third-order valence-corrected chi connectivity index (χ3v) is 8.25. The number of ketones is 1. The number of carboxylic acid groups (broad SMARTS) is 1.